The van der Waals surface area contributed by atoms with Gasteiger partial charge in [0.05, 0.1) is 5.97 Å². The highest BCUT2D eigenvalue weighted by atomic mass is 32.2. The molecule has 0 aliphatic rings. The van der Waals surface area contributed by atoms with E-state index in [0.717, 1.165) is 11.8 Å². The van der Waals surface area contributed by atoms with Crippen molar-refractivity contribution in [2.24, 2.45) is 0 Å². The van der Waals surface area contributed by atoms with E-state index < -0.39 is 5.97 Å². The third kappa shape index (κ3) is 3.29. The predicted molar refractivity (Wildman–Crippen MR) is 46.9 cm³/mol. The van der Waals surface area contributed by atoms with Crippen LogP contribution >= 0.6 is 11.8 Å². The Bertz CT molecular complexity index is 309. The summed E-state index contributed by atoms with van der Waals surface area (Å²) in [6.45, 7) is 1.76. The molecule has 0 unspecified atom stereocenters. The summed E-state index contributed by atoms with van der Waals surface area (Å²) >= 11 is 1.06. The second kappa shape index (κ2) is 4.08. The Morgan fingerprint density at radius 1 is 1.69 bits per heavy atom. The van der Waals surface area contributed by atoms with Gasteiger partial charge in [0.25, 0.3) is 0 Å². The lowest BCUT2D eigenvalue weighted by Crippen LogP contribution is -2.24. The number of nitrogens with zero attached hydrogens (tertiary/aromatic N) is 2. The number of aromatic nitrogens is 2. The standard InChI is InChI=1S/C7H9N3O2S/c1-4-2-5(10-7(8)9-4)13-3-6(11)12/h2H,3H2,1H3,(H,11,12)(H2,8,9,10)/p-1. The molecule has 13 heavy (non-hydrogen) atoms. The van der Waals surface area contributed by atoms with Gasteiger partial charge < -0.3 is 15.6 Å². The first-order valence-electron chi connectivity index (χ1n) is 3.52. The molecular weight excluding hydrogens is 190 g/mol. The Balaban J connectivity index is 2.71. The number of aryl methyl sites for hydroxylation is 1. The largest absolute Gasteiger partial charge is 0.549 e. The second-order valence-electron chi connectivity index (χ2n) is 2.37. The SMILES string of the molecule is Cc1cc(SCC(=O)[O-])nc(N)n1. The molecule has 1 aromatic heterocycles. The Morgan fingerprint density at radius 3 is 2.92 bits per heavy atom. The summed E-state index contributed by atoms with van der Waals surface area (Å²) < 4.78 is 0. The van der Waals surface area contributed by atoms with E-state index in [1.165, 1.54) is 0 Å². The van der Waals surface area contributed by atoms with Crippen molar-refractivity contribution < 1.29 is 9.90 Å². The Kier molecular flexibility index (Phi) is 3.07. The van der Waals surface area contributed by atoms with Crippen molar-refractivity contribution in [2.45, 2.75) is 11.9 Å². The lowest BCUT2D eigenvalue weighted by Gasteiger charge is -2.02. The smallest absolute Gasteiger partial charge is 0.221 e. The van der Waals surface area contributed by atoms with Crippen LogP contribution in [0.1, 0.15) is 5.69 Å². The fourth-order valence-corrected chi connectivity index (χ4v) is 1.45. The van der Waals surface area contributed by atoms with Crippen LogP contribution in [0.2, 0.25) is 0 Å². The van der Waals surface area contributed by atoms with Crippen molar-refractivity contribution in [3.63, 3.8) is 0 Å². The number of hydrogen-bond acceptors (Lipinski definition) is 6. The molecule has 1 aromatic rings. The molecular formula is C7H8N3O2S-. The zero-order chi connectivity index (χ0) is 9.84. The zero-order valence-electron chi connectivity index (χ0n) is 6.98. The number of carboxylic acids is 1. The van der Waals surface area contributed by atoms with E-state index in [9.17, 15) is 9.90 Å². The number of carboxylic acid groups (broad SMARTS) is 1. The summed E-state index contributed by atoms with van der Waals surface area (Å²) in [7, 11) is 0. The second-order valence-corrected chi connectivity index (χ2v) is 3.36. The average Bonchev–Trinajstić information content (AvgIpc) is 1.99. The first kappa shape index (κ1) is 9.79. The van der Waals surface area contributed by atoms with Crippen molar-refractivity contribution >= 4 is 23.7 Å². The van der Waals surface area contributed by atoms with E-state index in [4.69, 9.17) is 5.73 Å². The summed E-state index contributed by atoms with van der Waals surface area (Å²) in [6, 6.07) is 1.67. The topological polar surface area (TPSA) is 91.9 Å². The molecule has 0 aromatic carbocycles. The van der Waals surface area contributed by atoms with Crippen LogP contribution in [0.5, 0.6) is 0 Å². The fourth-order valence-electron chi connectivity index (χ4n) is 0.769. The highest BCUT2D eigenvalue weighted by Crippen LogP contribution is 2.15. The fraction of sp³-hybridized carbons (Fsp3) is 0.286. The van der Waals surface area contributed by atoms with E-state index in [0.29, 0.717) is 10.7 Å². The molecule has 0 bridgehead atoms. The zero-order valence-corrected chi connectivity index (χ0v) is 7.80. The molecule has 0 amide bonds. The van der Waals surface area contributed by atoms with E-state index >= 15 is 0 Å². The van der Waals surface area contributed by atoms with Gasteiger partial charge in [0.2, 0.25) is 5.95 Å². The number of nitrogens with two attached hydrogens (primary N) is 1. The monoisotopic (exact) mass is 198 g/mol. The third-order valence-electron chi connectivity index (χ3n) is 1.19. The van der Waals surface area contributed by atoms with E-state index in [-0.39, 0.29) is 11.7 Å². The molecule has 0 saturated carbocycles. The van der Waals surface area contributed by atoms with Crippen molar-refractivity contribution in [1.82, 2.24) is 9.97 Å². The number of rotatable bonds is 3. The van der Waals surface area contributed by atoms with Gasteiger partial charge in [-0.1, -0.05) is 0 Å². The number of thioether (sulfide) groups is 1. The molecule has 0 fully saturated rings. The average molecular weight is 198 g/mol. The molecule has 6 heteroatoms. The molecule has 0 saturated heterocycles. The Hall–Kier alpha value is -1.30. The van der Waals surface area contributed by atoms with Crippen LogP contribution in [0.3, 0.4) is 0 Å². The van der Waals surface area contributed by atoms with Gasteiger partial charge in [-0.25, -0.2) is 9.97 Å². The van der Waals surface area contributed by atoms with Gasteiger partial charge in [-0.3, -0.25) is 0 Å². The van der Waals surface area contributed by atoms with Crippen LogP contribution in [0.25, 0.3) is 0 Å². The highest BCUT2D eigenvalue weighted by Gasteiger charge is 1.99. The molecule has 5 nitrogen and oxygen atoms in total. The summed E-state index contributed by atoms with van der Waals surface area (Å²) in [5, 5.41) is 10.7. The van der Waals surface area contributed by atoms with Gasteiger partial charge in [0.15, 0.2) is 0 Å². The van der Waals surface area contributed by atoms with Crippen LogP contribution in [0.4, 0.5) is 5.95 Å². The van der Waals surface area contributed by atoms with E-state index in [1.807, 2.05) is 0 Å². The minimum Gasteiger partial charge on any atom is -0.549 e. The molecule has 0 spiro atoms. The normalized spacial score (nSPS) is 9.92. The van der Waals surface area contributed by atoms with Crippen LogP contribution in [0.15, 0.2) is 11.1 Å². The number of hydrogen-bond donors (Lipinski definition) is 1. The number of aliphatic carboxylic acids is 1. The van der Waals surface area contributed by atoms with Gasteiger partial charge in [-0.05, 0) is 13.0 Å². The number of nitrogen functional groups attached to an aromatic ring is 1. The third-order valence-corrected chi connectivity index (χ3v) is 2.07. The quantitative estimate of drug-likeness (QED) is 0.505. The molecule has 0 aliphatic heterocycles. The maximum atomic E-state index is 10.1. The molecule has 2 N–H and O–H groups in total. The van der Waals surface area contributed by atoms with Gasteiger partial charge >= 0.3 is 0 Å². The number of anilines is 1. The predicted octanol–water partition coefficient (Wildman–Crippen LogP) is -0.791. The van der Waals surface area contributed by atoms with Gasteiger partial charge in [-0.15, -0.1) is 11.8 Å². The minimum absolute atomic E-state index is 0.129. The molecule has 0 aliphatic carbocycles. The van der Waals surface area contributed by atoms with Crippen LogP contribution in [-0.4, -0.2) is 21.7 Å². The minimum atomic E-state index is -1.13. The van der Waals surface area contributed by atoms with Gasteiger partial charge in [0.1, 0.15) is 5.03 Å². The molecule has 0 radical (unpaired) electrons. The van der Waals surface area contributed by atoms with Crippen molar-refractivity contribution in [2.75, 3.05) is 11.5 Å². The van der Waals surface area contributed by atoms with Crippen LogP contribution in [-0.2, 0) is 4.79 Å². The van der Waals surface area contributed by atoms with Crippen molar-refractivity contribution in [1.29, 1.82) is 0 Å². The summed E-state index contributed by atoms with van der Waals surface area (Å²) in [4.78, 5) is 17.8. The first-order chi connectivity index (χ1) is 6.08. The van der Waals surface area contributed by atoms with Gasteiger partial charge in [0, 0.05) is 11.4 Å². The first-order valence-corrected chi connectivity index (χ1v) is 4.50. The van der Waals surface area contributed by atoms with Crippen LogP contribution < -0.4 is 10.8 Å². The van der Waals surface area contributed by atoms with E-state index in [1.54, 1.807) is 13.0 Å². The maximum Gasteiger partial charge on any atom is 0.221 e. The van der Waals surface area contributed by atoms with Crippen molar-refractivity contribution in [3.8, 4) is 0 Å². The number of carbonyl (C=O) groups excluding carboxylic acids is 1. The van der Waals surface area contributed by atoms with Crippen molar-refractivity contribution in [3.05, 3.63) is 11.8 Å². The van der Waals surface area contributed by atoms with Crippen LogP contribution in [0, 0.1) is 6.92 Å². The lowest BCUT2D eigenvalue weighted by molar-refractivity contribution is -0.301. The summed E-state index contributed by atoms with van der Waals surface area (Å²) in [5.41, 5.74) is 6.08. The maximum absolute atomic E-state index is 10.1. The highest BCUT2D eigenvalue weighted by molar-refractivity contribution is 7.99. The lowest BCUT2D eigenvalue weighted by atomic mass is 10.5. The molecule has 1 heterocycles. The molecule has 1 rings (SSSR count). The molecule has 70 valence electrons. The molecule has 0 atom stereocenters. The van der Waals surface area contributed by atoms with E-state index in [2.05, 4.69) is 9.97 Å². The summed E-state index contributed by atoms with van der Waals surface area (Å²) in [5.74, 6) is -1.10. The van der Waals surface area contributed by atoms with Gasteiger partial charge in [-0.2, -0.15) is 0 Å². The Labute approximate surface area is 79.4 Å². The number of carbonyl (C=O) groups is 1. The summed E-state index contributed by atoms with van der Waals surface area (Å²) in [6.07, 6.45) is 0. The Morgan fingerprint density at radius 2 is 2.38 bits per heavy atom.